The maximum Gasteiger partial charge on any atom is 0.107 e. The molecule has 3 rings (SSSR count). The number of thioether (sulfide) groups is 1. The SMILES string of the molecule is CSc1ccc(CN2CCN(CCc3ncc[nH]3)CC2)cc1. The lowest BCUT2D eigenvalue weighted by molar-refractivity contribution is 0.128. The zero-order valence-electron chi connectivity index (χ0n) is 13.2. The fourth-order valence-corrected chi connectivity index (χ4v) is 3.27. The summed E-state index contributed by atoms with van der Waals surface area (Å²) >= 11 is 1.80. The molecule has 0 spiro atoms. The minimum absolute atomic E-state index is 1.02. The van der Waals surface area contributed by atoms with E-state index in [2.05, 4.69) is 50.3 Å². The van der Waals surface area contributed by atoms with Gasteiger partial charge >= 0.3 is 0 Å². The predicted molar refractivity (Wildman–Crippen MR) is 92.2 cm³/mol. The van der Waals surface area contributed by atoms with Crippen LogP contribution >= 0.6 is 11.8 Å². The van der Waals surface area contributed by atoms with Crippen molar-refractivity contribution in [1.82, 2.24) is 19.8 Å². The molecular formula is C17H24N4S. The molecule has 118 valence electrons. The molecule has 0 unspecified atom stereocenters. The van der Waals surface area contributed by atoms with E-state index in [1.165, 1.54) is 10.5 Å². The molecule has 1 fully saturated rings. The molecule has 0 bridgehead atoms. The molecule has 4 nitrogen and oxygen atoms in total. The van der Waals surface area contributed by atoms with Crippen molar-refractivity contribution in [3.8, 4) is 0 Å². The van der Waals surface area contributed by atoms with Gasteiger partial charge in [0.1, 0.15) is 5.82 Å². The molecule has 0 aliphatic carbocycles. The number of rotatable bonds is 6. The lowest BCUT2D eigenvalue weighted by atomic mass is 10.2. The van der Waals surface area contributed by atoms with Gasteiger partial charge in [0.15, 0.2) is 0 Å². The fraction of sp³-hybridized carbons (Fsp3) is 0.471. The van der Waals surface area contributed by atoms with Crippen LogP contribution in [0.15, 0.2) is 41.6 Å². The quantitative estimate of drug-likeness (QED) is 0.831. The summed E-state index contributed by atoms with van der Waals surface area (Å²) in [5, 5.41) is 0. The van der Waals surface area contributed by atoms with Gasteiger partial charge in [0.2, 0.25) is 0 Å². The number of nitrogens with zero attached hydrogens (tertiary/aromatic N) is 3. The van der Waals surface area contributed by atoms with Crippen molar-refractivity contribution in [2.24, 2.45) is 0 Å². The molecule has 0 radical (unpaired) electrons. The second kappa shape index (κ2) is 7.81. The molecule has 1 aromatic carbocycles. The minimum atomic E-state index is 1.02. The number of benzene rings is 1. The van der Waals surface area contributed by atoms with E-state index < -0.39 is 0 Å². The number of imidazole rings is 1. The minimum Gasteiger partial charge on any atom is -0.349 e. The zero-order chi connectivity index (χ0) is 15.2. The summed E-state index contributed by atoms with van der Waals surface area (Å²) in [5.41, 5.74) is 1.42. The van der Waals surface area contributed by atoms with Gasteiger partial charge in [0.05, 0.1) is 0 Å². The van der Waals surface area contributed by atoms with Crippen molar-refractivity contribution < 1.29 is 0 Å². The van der Waals surface area contributed by atoms with Gasteiger partial charge in [-0.05, 0) is 24.0 Å². The van der Waals surface area contributed by atoms with Gasteiger partial charge in [-0.15, -0.1) is 11.8 Å². The van der Waals surface area contributed by atoms with E-state index in [4.69, 9.17) is 0 Å². The van der Waals surface area contributed by atoms with Crippen LogP contribution in [0.1, 0.15) is 11.4 Å². The molecule has 1 aliphatic rings. The Morgan fingerprint density at radius 2 is 1.82 bits per heavy atom. The molecule has 22 heavy (non-hydrogen) atoms. The summed E-state index contributed by atoms with van der Waals surface area (Å²) in [5.74, 6) is 1.09. The smallest absolute Gasteiger partial charge is 0.107 e. The second-order valence-corrected chi connectivity index (χ2v) is 6.63. The molecule has 0 saturated carbocycles. The van der Waals surface area contributed by atoms with Crippen LogP contribution in [-0.2, 0) is 13.0 Å². The van der Waals surface area contributed by atoms with E-state index >= 15 is 0 Å². The topological polar surface area (TPSA) is 35.2 Å². The first-order chi connectivity index (χ1) is 10.8. The largest absolute Gasteiger partial charge is 0.349 e. The lowest BCUT2D eigenvalue weighted by Gasteiger charge is -2.34. The van der Waals surface area contributed by atoms with E-state index in [-0.39, 0.29) is 0 Å². The molecule has 0 atom stereocenters. The van der Waals surface area contributed by atoms with E-state index in [1.54, 1.807) is 11.8 Å². The first kappa shape index (κ1) is 15.6. The zero-order valence-corrected chi connectivity index (χ0v) is 14.0. The van der Waals surface area contributed by atoms with Gasteiger partial charge in [-0.25, -0.2) is 4.98 Å². The molecule has 1 N–H and O–H groups in total. The van der Waals surface area contributed by atoms with Crippen molar-refractivity contribution in [3.63, 3.8) is 0 Å². The Labute approximate surface area is 136 Å². The van der Waals surface area contributed by atoms with Gasteiger partial charge in [-0.2, -0.15) is 0 Å². The summed E-state index contributed by atoms with van der Waals surface area (Å²) in [6.45, 7) is 6.79. The van der Waals surface area contributed by atoms with Crippen molar-refractivity contribution in [3.05, 3.63) is 48.0 Å². The Hall–Kier alpha value is -1.30. The van der Waals surface area contributed by atoms with Crippen LogP contribution in [0.3, 0.4) is 0 Å². The highest BCUT2D eigenvalue weighted by molar-refractivity contribution is 7.98. The molecule has 2 aromatic rings. The van der Waals surface area contributed by atoms with Crippen LogP contribution in [0.5, 0.6) is 0 Å². The van der Waals surface area contributed by atoms with E-state index in [9.17, 15) is 0 Å². The molecule has 1 saturated heterocycles. The Kier molecular flexibility index (Phi) is 5.53. The van der Waals surface area contributed by atoms with Crippen LogP contribution in [0.2, 0.25) is 0 Å². The third kappa shape index (κ3) is 4.35. The number of aromatic nitrogens is 2. The number of hydrogen-bond acceptors (Lipinski definition) is 4. The van der Waals surface area contributed by atoms with Gasteiger partial charge in [-0.3, -0.25) is 4.90 Å². The van der Waals surface area contributed by atoms with Crippen molar-refractivity contribution in [2.45, 2.75) is 17.9 Å². The number of H-pyrrole nitrogens is 1. The van der Waals surface area contributed by atoms with Crippen LogP contribution in [-0.4, -0.2) is 58.7 Å². The summed E-state index contributed by atoms with van der Waals surface area (Å²) in [7, 11) is 0. The summed E-state index contributed by atoms with van der Waals surface area (Å²) in [4.78, 5) is 13.9. The van der Waals surface area contributed by atoms with Crippen molar-refractivity contribution >= 4 is 11.8 Å². The molecule has 5 heteroatoms. The monoisotopic (exact) mass is 316 g/mol. The third-order valence-corrected chi connectivity index (χ3v) is 4.99. The Balaban J connectivity index is 1.41. The molecule has 1 aliphatic heterocycles. The lowest BCUT2D eigenvalue weighted by Crippen LogP contribution is -2.46. The summed E-state index contributed by atoms with van der Waals surface area (Å²) in [6.07, 6.45) is 6.87. The van der Waals surface area contributed by atoms with E-state index in [0.717, 1.165) is 51.5 Å². The van der Waals surface area contributed by atoms with Crippen LogP contribution in [0, 0.1) is 0 Å². The molecule has 0 amide bonds. The number of piperazine rings is 1. The number of hydrogen-bond donors (Lipinski definition) is 1. The third-order valence-electron chi connectivity index (χ3n) is 4.25. The Morgan fingerprint density at radius 3 is 2.45 bits per heavy atom. The standard InChI is InChI=1S/C17H24N4S/c1-22-16-4-2-15(3-5-16)14-21-12-10-20(11-13-21)9-6-17-18-7-8-19-17/h2-5,7-8H,6,9-14H2,1H3,(H,18,19). The highest BCUT2D eigenvalue weighted by Crippen LogP contribution is 2.16. The Bertz CT molecular complexity index is 545. The molecular weight excluding hydrogens is 292 g/mol. The van der Waals surface area contributed by atoms with Crippen LogP contribution < -0.4 is 0 Å². The summed E-state index contributed by atoms with van der Waals surface area (Å²) < 4.78 is 0. The average Bonchev–Trinajstić information content (AvgIpc) is 3.08. The van der Waals surface area contributed by atoms with Gasteiger partial charge < -0.3 is 9.88 Å². The maximum absolute atomic E-state index is 4.29. The van der Waals surface area contributed by atoms with Crippen LogP contribution in [0.4, 0.5) is 0 Å². The molecule has 1 aromatic heterocycles. The van der Waals surface area contributed by atoms with Gasteiger partial charge in [-0.1, -0.05) is 12.1 Å². The summed E-state index contributed by atoms with van der Waals surface area (Å²) in [6, 6.07) is 8.96. The van der Waals surface area contributed by atoms with E-state index in [0.29, 0.717) is 0 Å². The number of aromatic amines is 1. The molecule has 2 heterocycles. The Morgan fingerprint density at radius 1 is 1.09 bits per heavy atom. The van der Waals surface area contributed by atoms with Gasteiger partial charge in [0, 0.05) is 63.0 Å². The maximum atomic E-state index is 4.29. The first-order valence-corrected chi connectivity index (χ1v) is 9.12. The van der Waals surface area contributed by atoms with Gasteiger partial charge in [0.25, 0.3) is 0 Å². The highest BCUT2D eigenvalue weighted by Gasteiger charge is 2.16. The first-order valence-electron chi connectivity index (χ1n) is 7.89. The average molecular weight is 316 g/mol. The predicted octanol–water partition coefficient (Wildman–Crippen LogP) is 2.49. The number of nitrogens with one attached hydrogen (secondary N) is 1. The highest BCUT2D eigenvalue weighted by atomic mass is 32.2. The normalized spacial score (nSPS) is 17.0. The van der Waals surface area contributed by atoms with E-state index in [1.807, 2.05) is 12.4 Å². The van der Waals surface area contributed by atoms with Crippen molar-refractivity contribution in [1.29, 1.82) is 0 Å². The van der Waals surface area contributed by atoms with Crippen molar-refractivity contribution in [2.75, 3.05) is 39.0 Å². The fourth-order valence-electron chi connectivity index (χ4n) is 2.86. The second-order valence-electron chi connectivity index (χ2n) is 5.75. The van der Waals surface area contributed by atoms with Crippen LogP contribution in [0.25, 0.3) is 0 Å².